The van der Waals surface area contributed by atoms with Crippen LogP contribution in [0.3, 0.4) is 0 Å². The maximum absolute atomic E-state index is 11.6. The molecule has 5 heteroatoms. The van der Waals surface area contributed by atoms with Crippen LogP contribution in [0.15, 0.2) is 0 Å². The van der Waals surface area contributed by atoms with Crippen LogP contribution in [0, 0.1) is 5.92 Å². The van der Waals surface area contributed by atoms with E-state index < -0.39 is 6.09 Å². The van der Waals surface area contributed by atoms with Gasteiger partial charge in [0.25, 0.3) is 0 Å². The van der Waals surface area contributed by atoms with Gasteiger partial charge in [0.2, 0.25) is 5.91 Å². The number of carbonyl (C=O) groups excluding carboxylic acids is 1. The molecule has 0 bridgehead atoms. The average molecular weight is 198 g/mol. The first-order valence-corrected chi connectivity index (χ1v) is 4.95. The van der Waals surface area contributed by atoms with Crippen LogP contribution in [0.1, 0.15) is 12.8 Å². The van der Waals surface area contributed by atoms with Crippen LogP contribution in [-0.4, -0.2) is 53.1 Å². The average Bonchev–Trinajstić information content (AvgIpc) is 3.00. The predicted molar refractivity (Wildman–Crippen MR) is 48.9 cm³/mol. The molecule has 1 aliphatic carbocycles. The summed E-state index contributed by atoms with van der Waals surface area (Å²) in [5.74, 6) is 0.460. The Balaban J connectivity index is 1.83. The van der Waals surface area contributed by atoms with Crippen molar-refractivity contribution in [2.24, 2.45) is 5.92 Å². The van der Waals surface area contributed by atoms with Crippen LogP contribution >= 0.6 is 0 Å². The van der Waals surface area contributed by atoms with Crippen molar-refractivity contribution in [3.63, 3.8) is 0 Å². The summed E-state index contributed by atoms with van der Waals surface area (Å²) in [6.07, 6.45) is 1.14. The third kappa shape index (κ3) is 1.81. The lowest BCUT2D eigenvalue weighted by Gasteiger charge is -2.33. The lowest BCUT2D eigenvalue weighted by atomic mass is 10.3. The van der Waals surface area contributed by atoms with Gasteiger partial charge in [-0.25, -0.2) is 4.79 Å². The molecule has 0 aromatic heterocycles. The number of amides is 2. The molecule has 0 radical (unpaired) electrons. The van der Waals surface area contributed by atoms with E-state index in [0.717, 1.165) is 12.8 Å². The number of nitrogens with zero attached hydrogens (tertiary/aromatic N) is 2. The zero-order valence-electron chi connectivity index (χ0n) is 7.98. The van der Waals surface area contributed by atoms with Gasteiger partial charge in [0.1, 0.15) is 0 Å². The minimum Gasteiger partial charge on any atom is -0.465 e. The zero-order valence-corrected chi connectivity index (χ0v) is 7.98. The Kier molecular flexibility index (Phi) is 2.31. The van der Waals surface area contributed by atoms with E-state index >= 15 is 0 Å². The summed E-state index contributed by atoms with van der Waals surface area (Å²) in [6.45, 7) is 2.02. The van der Waals surface area contributed by atoms with Gasteiger partial charge in [-0.1, -0.05) is 0 Å². The molecular formula is C9H14N2O3. The van der Waals surface area contributed by atoms with Crippen LogP contribution in [0.25, 0.3) is 0 Å². The molecule has 78 valence electrons. The number of piperazine rings is 1. The molecule has 1 saturated carbocycles. The second-order valence-corrected chi connectivity index (χ2v) is 3.87. The van der Waals surface area contributed by atoms with Gasteiger partial charge >= 0.3 is 6.09 Å². The van der Waals surface area contributed by atoms with E-state index in [1.54, 1.807) is 4.90 Å². The first-order valence-electron chi connectivity index (χ1n) is 4.95. The van der Waals surface area contributed by atoms with Crippen LogP contribution in [-0.2, 0) is 4.79 Å². The number of rotatable bonds is 1. The molecule has 2 amide bonds. The van der Waals surface area contributed by atoms with Crippen molar-refractivity contribution in [2.45, 2.75) is 12.8 Å². The molecule has 2 fully saturated rings. The standard InChI is InChI=1S/C9H14N2O3/c12-8(7-1-2-7)10-3-5-11(6-4-10)9(13)14/h7H,1-6H2,(H,13,14). The summed E-state index contributed by atoms with van der Waals surface area (Å²) >= 11 is 0. The molecule has 0 aromatic rings. The molecule has 1 heterocycles. The quantitative estimate of drug-likeness (QED) is 0.655. The van der Waals surface area contributed by atoms with Crippen molar-refractivity contribution in [3.05, 3.63) is 0 Å². The summed E-state index contributed by atoms with van der Waals surface area (Å²) in [4.78, 5) is 25.3. The highest BCUT2D eigenvalue weighted by atomic mass is 16.4. The Bertz CT molecular complexity index is 255. The fraction of sp³-hybridized carbons (Fsp3) is 0.778. The molecule has 0 atom stereocenters. The Hall–Kier alpha value is -1.26. The highest BCUT2D eigenvalue weighted by molar-refractivity contribution is 5.81. The third-order valence-corrected chi connectivity index (χ3v) is 2.79. The second kappa shape index (κ2) is 3.48. The largest absolute Gasteiger partial charge is 0.465 e. The van der Waals surface area contributed by atoms with Crippen LogP contribution in [0.4, 0.5) is 4.79 Å². The molecule has 14 heavy (non-hydrogen) atoms. The summed E-state index contributed by atoms with van der Waals surface area (Å²) < 4.78 is 0. The molecule has 2 aliphatic rings. The summed E-state index contributed by atoms with van der Waals surface area (Å²) in [7, 11) is 0. The van der Waals surface area contributed by atoms with Crippen molar-refractivity contribution in [1.82, 2.24) is 9.80 Å². The lowest BCUT2D eigenvalue weighted by Crippen LogP contribution is -2.50. The molecular weight excluding hydrogens is 184 g/mol. The van der Waals surface area contributed by atoms with Crippen molar-refractivity contribution >= 4 is 12.0 Å². The van der Waals surface area contributed by atoms with Gasteiger partial charge in [-0.05, 0) is 12.8 Å². The van der Waals surface area contributed by atoms with Gasteiger partial charge in [-0.3, -0.25) is 4.79 Å². The fourth-order valence-corrected chi connectivity index (χ4v) is 1.71. The molecule has 0 unspecified atom stereocenters. The first-order chi connectivity index (χ1) is 6.68. The van der Waals surface area contributed by atoms with Crippen LogP contribution in [0.5, 0.6) is 0 Å². The monoisotopic (exact) mass is 198 g/mol. The van der Waals surface area contributed by atoms with E-state index in [-0.39, 0.29) is 11.8 Å². The van der Waals surface area contributed by atoms with Crippen molar-refractivity contribution in [3.8, 4) is 0 Å². The van der Waals surface area contributed by atoms with E-state index in [4.69, 9.17) is 5.11 Å². The fourth-order valence-electron chi connectivity index (χ4n) is 1.71. The summed E-state index contributed by atoms with van der Waals surface area (Å²) in [5, 5.41) is 8.71. The first kappa shape index (κ1) is 9.30. The number of carboxylic acid groups (broad SMARTS) is 1. The van der Waals surface area contributed by atoms with Gasteiger partial charge in [0.05, 0.1) is 0 Å². The number of hydrogen-bond acceptors (Lipinski definition) is 2. The smallest absolute Gasteiger partial charge is 0.407 e. The summed E-state index contributed by atoms with van der Waals surface area (Å²) in [6, 6.07) is 0. The topological polar surface area (TPSA) is 60.9 Å². The minimum absolute atomic E-state index is 0.218. The van der Waals surface area contributed by atoms with Crippen molar-refractivity contribution < 1.29 is 14.7 Å². The van der Waals surface area contributed by atoms with Crippen LogP contribution in [0.2, 0.25) is 0 Å². The van der Waals surface area contributed by atoms with Gasteiger partial charge in [-0.15, -0.1) is 0 Å². The lowest BCUT2D eigenvalue weighted by molar-refractivity contribution is -0.134. The third-order valence-electron chi connectivity index (χ3n) is 2.79. The van der Waals surface area contributed by atoms with E-state index in [2.05, 4.69) is 0 Å². The number of hydrogen-bond donors (Lipinski definition) is 1. The maximum Gasteiger partial charge on any atom is 0.407 e. The molecule has 1 aliphatic heterocycles. The molecule has 2 rings (SSSR count). The highest BCUT2D eigenvalue weighted by Gasteiger charge is 2.34. The second-order valence-electron chi connectivity index (χ2n) is 3.87. The predicted octanol–water partition coefficient (Wildman–Crippen LogP) is 0.219. The Morgan fingerprint density at radius 3 is 1.93 bits per heavy atom. The van der Waals surface area contributed by atoms with E-state index in [1.807, 2.05) is 0 Å². The zero-order chi connectivity index (χ0) is 10.1. The van der Waals surface area contributed by atoms with Gasteiger partial charge < -0.3 is 14.9 Å². The van der Waals surface area contributed by atoms with Gasteiger partial charge in [0.15, 0.2) is 0 Å². The van der Waals surface area contributed by atoms with E-state index in [9.17, 15) is 9.59 Å². The Labute approximate surface area is 82.3 Å². The molecule has 0 aromatic carbocycles. The molecule has 1 saturated heterocycles. The SMILES string of the molecule is O=C(O)N1CCN(C(=O)C2CC2)CC1. The number of carbonyl (C=O) groups is 2. The van der Waals surface area contributed by atoms with Crippen LogP contribution < -0.4 is 0 Å². The van der Waals surface area contributed by atoms with Crippen molar-refractivity contribution in [1.29, 1.82) is 0 Å². The van der Waals surface area contributed by atoms with Crippen molar-refractivity contribution in [2.75, 3.05) is 26.2 Å². The maximum atomic E-state index is 11.6. The Morgan fingerprint density at radius 2 is 1.50 bits per heavy atom. The minimum atomic E-state index is -0.886. The van der Waals surface area contributed by atoms with E-state index in [0.29, 0.717) is 26.2 Å². The molecule has 5 nitrogen and oxygen atoms in total. The normalized spacial score (nSPS) is 22.3. The summed E-state index contributed by atoms with van der Waals surface area (Å²) in [5.41, 5.74) is 0. The highest BCUT2D eigenvalue weighted by Crippen LogP contribution is 2.31. The molecule has 1 N–H and O–H groups in total. The Morgan fingerprint density at radius 1 is 1.00 bits per heavy atom. The van der Waals surface area contributed by atoms with Gasteiger partial charge in [0, 0.05) is 32.1 Å². The van der Waals surface area contributed by atoms with E-state index in [1.165, 1.54) is 4.90 Å². The molecule has 0 spiro atoms. The van der Waals surface area contributed by atoms with Gasteiger partial charge in [-0.2, -0.15) is 0 Å².